The van der Waals surface area contributed by atoms with Crippen molar-refractivity contribution in [2.45, 2.75) is 6.54 Å². The minimum Gasteiger partial charge on any atom is -0.476 e. The largest absolute Gasteiger partial charge is 0.476 e. The number of hydrogen-bond donors (Lipinski definition) is 2. The highest BCUT2D eigenvalue weighted by atomic mass is 16.6. The monoisotopic (exact) mass is 370 g/mol. The molecule has 2 heterocycles. The van der Waals surface area contributed by atoms with Crippen molar-refractivity contribution in [3.05, 3.63) is 69.8 Å². The van der Waals surface area contributed by atoms with E-state index < -0.39 is 16.8 Å². The number of carboxylic acid groups (broad SMARTS) is 1. The molecule has 0 bridgehead atoms. The highest BCUT2D eigenvalue weighted by Crippen LogP contribution is 2.16. The number of nitrogens with zero attached hydrogens (tertiary/aromatic N) is 5. The van der Waals surface area contributed by atoms with Crippen LogP contribution in [0.4, 0.5) is 11.4 Å². The summed E-state index contributed by atoms with van der Waals surface area (Å²) in [6.07, 6.45) is 3.74. The second kappa shape index (κ2) is 7.07. The van der Waals surface area contributed by atoms with E-state index in [1.54, 1.807) is 24.3 Å². The normalized spacial score (nSPS) is 10.6. The number of hydrogen-bond acceptors (Lipinski definition) is 6. The Hall–Kier alpha value is -4.02. The number of nitrogens with one attached hydrogen (secondary N) is 1. The molecule has 138 valence electrons. The molecule has 0 aliphatic heterocycles. The Morgan fingerprint density at radius 3 is 2.52 bits per heavy atom. The minimum atomic E-state index is -1.20. The molecular weight excluding hydrogens is 356 g/mol. The van der Waals surface area contributed by atoms with Gasteiger partial charge in [0.2, 0.25) is 0 Å². The van der Waals surface area contributed by atoms with E-state index in [9.17, 15) is 19.7 Å². The Kier molecular flexibility index (Phi) is 4.66. The molecule has 0 spiro atoms. The number of carboxylic acids is 1. The van der Waals surface area contributed by atoms with Crippen molar-refractivity contribution in [2.24, 2.45) is 7.05 Å². The summed E-state index contributed by atoms with van der Waals surface area (Å²) in [5.74, 6) is -1.68. The number of rotatable bonds is 6. The fraction of sp³-hybridized carbons (Fsp3) is 0.125. The Labute approximate surface area is 152 Å². The third-order valence-corrected chi connectivity index (χ3v) is 3.78. The van der Waals surface area contributed by atoms with E-state index >= 15 is 0 Å². The molecule has 3 aromatic rings. The Bertz CT molecular complexity index is 1020. The van der Waals surface area contributed by atoms with Gasteiger partial charge in [0, 0.05) is 12.6 Å². The molecular formula is C16H14N6O5. The Morgan fingerprint density at radius 1 is 1.22 bits per heavy atom. The lowest BCUT2D eigenvalue weighted by molar-refractivity contribution is -0.385. The van der Waals surface area contributed by atoms with E-state index in [1.165, 1.54) is 24.1 Å². The molecule has 0 saturated carbocycles. The minimum absolute atomic E-state index is 0.0999. The summed E-state index contributed by atoms with van der Waals surface area (Å²) in [6, 6.07) is 6.51. The highest BCUT2D eigenvalue weighted by molar-refractivity contribution is 6.07. The predicted octanol–water partition coefficient (Wildman–Crippen LogP) is 1.52. The number of amides is 1. The van der Waals surface area contributed by atoms with Crippen molar-refractivity contribution in [1.82, 2.24) is 19.6 Å². The number of benzene rings is 1. The summed E-state index contributed by atoms with van der Waals surface area (Å²) in [6.45, 7) is 0.307. The molecule has 27 heavy (non-hydrogen) atoms. The van der Waals surface area contributed by atoms with Crippen LogP contribution in [0.3, 0.4) is 0 Å². The molecule has 0 aliphatic rings. The van der Waals surface area contributed by atoms with Gasteiger partial charge < -0.3 is 10.4 Å². The first-order valence-electron chi connectivity index (χ1n) is 7.67. The first kappa shape index (κ1) is 17.8. The fourth-order valence-electron chi connectivity index (χ4n) is 2.46. The number of anilines is 1. The molecule has 0 unspecified atom stereocenters. The molecule has 2 aromatic heterocycles. The lowest BCUT2D eigenvalue weighted by Gasteiger charge is -2.06. The van der Waals surface area contributed by atoms with Gasteiger partial charge in [-0.25, -0.2) is 4.79 Å². The van der Waals surface area contributed by atoms with Gasteiger partial charge in [0.25, 0.3) is 5.91 Å². The van der Waals surface area contributed by atoms with Crippen LogP contribution in [0.2, 0.25) is 0 Å². The van der Waals surface area contributed by atoms with E-state index in [1.807, 2.05) is 0 Å². The quantitative estimate of drug-likeness (QED) is 0.494. The number of carbonyl (C=O) groups is 2. The maximum atomic E-state index is 12.3. The summed E-state index contributed by atoms with van der Waals surface area (Å²) < 4.78 is 2.58. The van der Waals surface area contributed by atoms with Gasteiger partial charge in [-0.3, -0.25) is 24.3 Å². The second-order valence-electron chi connectivity index (χ2n) is 5.64. The summed E-state index contributed by atoms with van der Waals surface area (Å²) in [5, 5.41) is 30.1. The molecule has 3 rings (SSSR count). The molecule has 0 atom stereocenters. The first-order valence-corrected chi connectivity index (χ1v) is 7.67. The van der Waals surface area contributed by atoms with Gasteiger partial charge >= 0.3 is 11.7 Å². The van der Waals surface area contributed by atoms with Crippen LogP contribution in [0.5, 0.6) is 0 Å². The maximum Gasteiger partial charge on any atom is 0.356 e. The van der Waals surface area contributed by atoms with E-state index in [0.717, 1.165) is 16.4 Å². The van der Waals surface area contributed by atoms with Gasteiger partial charge in [-0.2, -0.15) is 10.2 Å². The van der Waals surface area contributed by atoms with Gasteiger partial charge in [0.15, 0.2) is 5.69 Å². The molecule has 1 aromatic carbocycles. The summed E-state index contributed by atoms with van der Waals surface area (Å²) in [5.41, 5.74) is 0.988. The number of aromatic carboxylic acids is 1. The third-order valence-electron chi connectivity index (χ3n) is 3.78. The van der Waals surface area contributed by atoms with Crippen LogP contribution in [-0.4, -0.2) is 41.5 Å². The zero-order valence-electron chi connectivity index (χ0n) is 14.1. The highest BCUT2D eigenvalue weighted by Gasteiger charge is 2.18. The summed E-state index contributed by atoms with van der Waals surface area (Å²) in [4.78, 5) is 33.7. The smallest absolute Gasteiger partial charge is 0.356 e. The van der Waals surface area contributed by atoms with Crippen LogP contribution in [-0.2, 0) is 13.6 Å². The van der Waals surface area contributed by atoms with Crippen LogP contribution >= 0.6 is 0 Å². The molecule has 2 N–H and O–H groups in total. The predicted molar refractivity (Wildman–Crippen MR) is 92.5 cm³/mol. The molecule has 0 saturated heterocycles. The zero-order valence-corrected chi connectivity index (χ0v) is 14.1. The third kappa shape index (κ3) is 3.81. The van der Waals surface area contributed by atoms with Gasteiger partial charge in [-0.1, -0.05) is 12.1 Å². The van der Waals surface area contributed by atoms with Crippen LogP contribution in [0.25, 0.3) is 0 Å². The number of aryl methyl sites for hydroxylation is 1. The van der Waals surface area contributed by atoms with Crippen molar-refractivity contribution in [3.63, 3.8) is 0 Å². The van der Waals surface area contributed by atoms with Crippen molar-refractivity contribution in [1.29, 1.82) is 0 Å². The van der Waals surface area contributed by atoms with Crippen molar-refractivity contribution in [3.8, 4) is 0 Å². The van der Waals surface area contributed by atoms with Gasteiger partial charge in [-0.05, 0) is 17.7 Å². The topological polar surface area (TPSA) is 145 Å². The molecule has 11 heteroatoms. The van der Waals surface area contributed by atoms with E-state index in [2.05, 4.69) is 15.5 Å². The average molecular weight is 370 g/mol. The molecule has 0 radical (unpaired) electrons. The summed E-state index contributed by atoms with van der Waals surface area (Å²) >= 11 is 0. The van der Waals surface area contributed by atoms with Crippen molar-refractivity contribution >= 4 is 23.3 Å². The van der Waals surface area contributed by atoms with Crippen molar-refractivity contribution in [2.75, 3.05) is 5.32 Å². The van der Waals surface area contributed by atoms with E-state index in [4.69, 9.17) is 5.11 Å². The maximum absolute atomic E-state index is 12.3. The van der Waals surface area contributed by atoms with Crippen LogP contribution in [0.15, 0.2) is 42.9 Å². The number of carbonyl (C=O) groups excluding carboxylic acids is 1. The number of nitro groups is 1. The molecule has 0 fully saturated rings. The van der Waals surface area contributed by atoms with Crippen LogP contribution in [0.1, 0.15) is 26.4 Å². The lowest BCUT2D eigenvalue weighted by atomic mass is 10.1. The van der Waals surface area contributed by atoms with E-state index in [-0.39, 0.29) is 17.1 Å². The van der Waals surface area contributed by atoms with Gasteiger partial charge in [-0.15, -0.1) is 0 Å². The standard InChI is InChI=1S/C16H14N6O5/c1-20-14(16(24)25)13(7-17-20)19-15(23)11-4-2-10(3-5-11)8-21-9-12(6-18-21)22(26)27/h2-7,9H,8H2,1H3,(H,19,23)(H,24,25). The fourth-order valence-corrected chi connectivity index (χ4v) is 2.46. The zero-order chi connectivity index (χ0) is 19.6. The lowest BCUT2D eigenvalue weighted by Crippen LogP contribution is -2.15. The van der Waals surface area contributed by atoms with Gasteiger partial charge in [0.1, 0.15) is 12.4 Å². The second-order valence-corrected chi connectivity index (χ2v) is 5.64. The van der Waals surface area contributed by atoms with Crippen molar-refractivity contribution < 1.29 is 19.6 Å². The number of aromatic nitrogens is 4. The summed E-state index contributed by atoms with van der Waals surface area (Å²) in [7, 11) is 1.47. The molecule has 0 aliphatic carbocycles. The average Bonchev–Trinajstić information content (AvgIpc) is 3.22. The molecule has 1 amide bonds. The van der Waals surface area contributed by atoms with Gasteiger partial charge in [0.05, 0.1) is 23.4 Å². The molecule has 11 nitrogen and oxygen atoms in total. The van der Waals surface area contributed by atoms with Crippen LogP contribution < -0.4 is 5.32 Å². The Balaban J connectivity index is 1.70. The SMILES string of the molecule is Cn1ncc(NC(=O)c2ccc(Cn3cc([N+](=O)[O-])cn3)cc2)c1C(=O)O. The van der Waals surface area contributed by atoms with Crippen LogP contribution in [0, 0.1) is 10.1 Å². The first-order chi connectivity index (χ1) is 12.8. The van der Waals surface area contributed by atoms with E-state index in [0.29, 0.717) is 12.1 Å². The Morgan fingerprint density at radius 2 is 1.93 bits per heavy atom.